The van der Waals surface area contributed by atoms with E-state index in [-0.39, 0.29) is 5.41 Å². The lowest BCUT2D eigenvalue weighted by molar-refractivity contribution is 0.667. The second kappa shape index (κ2) is 12.0. The highest BCUT2D eigenvalue weighted by molar-refractivity contribution is 6.35. The van der Waals surface area contributed by atoms with Crippen LogP contribution >= 0.6 is 0 Å². The first-order valence-corrected chi connectivity index (χ1v) is 19.0. The maximum Gasteiger partial charge on any atom is 0.164 e. The summed E-state index contributed by atoms with van der Waals surface area (Å²) in [5, 5.41) is 10.4. The smallest absolute Gasteiger partial charge is 0.164 e. The minimum Gasteiger partial charge on any atom is -0.208 e. The van der Waals surface area contributed by atoms with Crippen molar-refractivity contribution in [2.75, 3.05) is 0 Å². The normalized spacial score (nSPS) is 13.1. The number of rotatable bonds is 4. The van der Waals surface area contributed by atoms with Crippen LogP contribution in [-0.4, -0.2) is 15.0 Å². The van der Waals surface area contributed by atoms with Crippen molar-refractivity contribution in [3.05, 3.63) is 187 Å². The lowest BCUT2D eigenvalue weighted by Gasteiger charge is -2.26. The van der Waals surface area contributed by atoms with Gasteiger partial charge in [-0.05, 0) is 88.6 Å². The van der Waals surface area contributed by atoms with Crippen LogP contribution in [0.25, 0.3) is 99.5 Å². The van der Waals surface area contributed by atoms with E-state index in [0.29, 0.717) is 17.5 Å². The molecule has 11 rings (SSSR count). The molecule has 1 heterocycles. The van der Waals surface area contributed by atoms with Gasteiger partial charge in [0, 0.05) is 22.1 Å². The molecule has 258 valence electrons. The van der Waals surface area contributed by atoms with E-state index >= 15 is 0 Å². The maximum atomic E-state index is 5.02. The van der Waals surface area contributed by atoms with Crippen molar-refractivity contribution in [2.24, 2.45) is 0 Å². The highest BCUT2D eigenvalue weighted by Crippen LogP contribution is 2.56. The molecule has 1 aliphatic rings. The number of hydrogen-bond acceptors (Lipinski definition) is 3. The molecule has 55 heavy (non-hydrogen) atoms. The highest BCUT2D eigenvalue weighted by Gasteiger charge is 2.39. The van der Waals surface area contributed by atoms with Gasteiger partial charge in [-0.2, -0.15) is 0 Å². The molecule has 3 nitrogen and oxygen atoms in total. The first-order chi connectivity index (χ1) is 27.0. The summed E-state index contributed by atoms with van der Waals surface area (Å²) in [6, 6.07) is 62.9. The Hall–Kier alpha value is -6.97. The third-order valence-corrected chi connectivity index (χ3v) is 11.6. The Bertz CT molecular complexity index is 3110. The number of hydrogen-bond donors (Lipinski definition) is 0. The van der Waals surface area contributed by atoms with Crippen LogP contribution in [0.1, 0.15) is 25.0 Å². The average Bonchev–Trinajstić information content (AvgIpc) is 3.50. The Labute approximate surface area is 319 Å². The molecule has 0 N–H and O–H groups in total. The molecule has 0 atom stereocenters. The van der Waals surface area contributed by atoms with Crippen LogP contribution in [0.3, 0.4) is 0 Å². The fourth-order valence-electron chi connectivity index (χ4n) is 9.15. The summed E-state index contributed by atoms with van der Waals surface area (Å²) in [4.78, 5) is 15.0. The Morgan fingerprint density at radius 2 is 0.836 bits per heavy atom. The molecule has 0 saturated carbocycles. The summed E-state index contributed by atoms with van der Waals surface area (Å²) in [6.07, 6.45) is 0. The molecule has 0 radical (unpaired) electrons. The predicted molar refractivity (Wildman–Crippen MR) is 229 cm³/mol. The van der Waals surface area contributed by atoms with Gasteiger partial charge in [-0.3, -0.25) is 0 Å². The SMILES string of the molecule is CC1(C)c2ccccc2-c2c1c1c3ccccc3c3cc(-c4cccc(-c5nc(-c6ccccc6)nc(-c6ccccc6)n5)c4)ccc3c1c1ccccc21. The third-order valence-electron chi connectivity index (χ3n) is 11.6. The fourth-order valence-corrected chi connectivity index (χ4v) is 9.15. The second-order valence-electron chi connectivity index (χ2n) is 15.1. The molecule has 1 aromatic heterocycles. The first-order valence-electron chi connectivity index (χ1n) is 19.0. The zero-order valence-corrected chi connectivity index (χ0v) is 30.6. The number of fused-ring (bicyclic) bond motifs is 13. The Morgan fingerprint density at radius 1 is 0.345 bits per heavy atom. The Morgan fingerprint density at radius 3 is 1.53 bits per heavy atom. The molecule has 0 aliphatic heterocycles. The molecule has 9 aromatic carbocycles. The largest absolute Gasteiger partial charge is 0.208 e. The number of benzene rings is 9. The van der Waals surface area contributed by atoms with E-state index in [9.17, 15) is 0 Å². The molecule has 0 spiro atoms. The average molecular weight is 702 g/mol. The lowest BCUT2D eigenvalue weighted by Crippen LogP contribution is -2.15. The minimum absolute atomic E-state index is 0.152. The number of nitrogens with zero attached hydrogens (tertiary/aromatic N) is 3. The van der Waals surface area contributed by atoms with Crippen LogP contribution in [-0.2, 0) is 5.41 Å². The standard InChI is InChI=1S/C52H35N3/c1-52(2)44-27-14-13-26-42(44)46-40-25-12-11-24-39(40)45-41-29-28-35(31-43(41)37-22-9-10-23-38(37)47(45)48(46)52)34-20-15-21-36(30-34)51-54-49(32-16-5-3-6-17-32)53-50(55-51)33-18-7-4-8-19-33/h3-31H,1-2H3. The van der Waals surface area contributed by atoms with Gasteiger partial charge < -0.3 is 0 Å². The quantitative estimate of drug-likeness (QED) is 0.171. The van der Waals surface area contributed by atoms with Crippen molar-refractivity contribution in [2.45, 2.75) is 19.3 Å². The van der Waals surface area contributed by atoms with Crippen molar-refractivity contribution >= 4 is 43.1 Å². The van der Waals surface area contributed by atoms with Gasteiger partial charge in [0.15, 0.2) is 17.5 Å². The molecule has 0 unspecified atom stereocenters. The topological polar surface area (TPSA) is 38.7 Å². The molecule has 3 heteroatoms. The monoisotopic (exact) mass is 701 g/mol. The summed E-state index contributed by atoms with van der Waals surface area (Å²) in [5.41, 5.74) is 10.5. The maximum absolute atomic E-state index is 5.02. The van der Waals surface area contributed by atoms with Gasteiger partial charge in [-0.25, -0.2) is 15.0 Å². The van der Waals surface area contributed by atoms with Crippen molar-refractivity contribution in [3.63, 3.8) is 0 Å². The van der Waals surface area contributed by atoms with Crippen LogP contribution < -0.4 is 0 Å². The van der Waals surface area contributed by atoms with E-state index in [2.05, 4.69) is 129 Å². The van der Waals surface area contributed by atoms with Crippen molar-refractivity contribution in [1.29, 1.82) is 0 Å². The van der Waals surface area contributed by atoms with E-state index in [1.807, 2.05) is 60.7 Å². The first kappa shape index (κ1) is 31.5. The molecule has 1 aliphatic carbocycles. The van der Waals surface area contributed by atoms with Crippen molar-refractivity contribution in [3.8, 4) is 56.4 Å². The van der Waals surface area contributed by atoms with E-state index in [1.165, 1.54) is 65.3 Å². The molecule has 0 amide bonds. The molecular formula is C52H35N3. The molecule has 10 aromatic rings. The second-order valence-corrected chi connectivity index (χ2v) is 15.1. The molecule has 0 saturated heterocycles. The Kier molecular flexibility index (Phi) is 6.90. The van der Waals surface area contributed by atoms with Gasteiger partial charge in [0.1, 0.15) is 0 Å². The molecular weight excluding hydrogens is 667 g/mol. The number of aromatic nitrogens is 3. The van der Waals surface area contributed by atoms with Gasteiger partial charge >= 0.3 is 0 Å². The lowest BCUT2D eigenvalue weighted by atomic mass is 9.77. The zero-order chi connectivity index (χ0) is 36.7. The summed E-state index contributed by atoms with van der Waals surface area (Å²) in [5.74, 6) is 1.96. The molecule has 0 bridgehead atoms. The van der Waals surface area contributed by atoms with Gasteiger partial charge in [0.25, 0.3) is 0 Å². The van der Waals surface area contributed by atoms with Crippen molar-refractivity contribution in [1.82, 2.24) is 15.0 Å². The van der Waals surface area contributed by atoms with Crippen LogP contribution in [0.15, 0.2) is 176 Å². The summed E-state index contributed by atoms with van der Waals surface area (Å²) < 4.78 is 0. The fraction of sp³-hybridized carbons (Fsp3) is 0.0577. The molecule has 0 fully saturated rings. The van der Waals surface area contributed by atoms with E-state index < -0.39 is 0 Å². The van der Waals surface area contributed by atoms with Gasteiger partial charge in [0.2, 0.25) is 0 Å². The van der Waals surface area contributed by atoms with E-state index in [1.54, 1.807) is 0 Å². The zero-order valence-electron chi connectivity index (χ0n) is 30.6. The van der Waals surface area contributed by atoms with Crippen LogP contribution in [0.2, 0.25) is 0 Å². The van der Waals surface area contributed by atoms with Crippen molar-refractivity contribution < 1.29 is 0 Å². The predicted octanol–water partition coefficient (Wildman–Crippen LogP) is 13.5. The summed E-state index contributed by atoms with van der Waals surface area (Å²) in [6.45, 7) is 4.80. The van der Waals surface area contributed by atoms with Gasteiger partial charge in [-0.1, -0.05) is 178 Å². The minimum atomic E-state index is -0.152. The van der Waals surface area contributed by atoms with Crippen LogP contribution in [0.5, 0.6) is 0 Å². The summed E-state index contributed by atoms with van der Waals surface area (Å²) >= 11 is 0. The van der Waals surface area contributed by atoms with Crippen LogP contribution in [0.4, 0.5) is 0 Å². The highest BCUT2D eigenvalue weighted by atomic mass is 15.0. The van der Waals surface area contributed by atoms with Gasteiger partial charge in [0.05, 0.1) is 0 Å². The third kappa shape index (κ3) is 4.79. The van der Waals surface area contributed by atoms with Crippen LogP contribution in [0, 0.1) is 0 Å². The van der Waals surface area contributed by atoms with Gasteiger partial charge in [-0.15, -0.1) is 0 Å². The summed E-state index contributed by atoms with van der Waals surface area (Å²) in [7, 11) is 0. The van der Waals surface area contributed by atoms with E-state index in [0.717, 1.165) is 27.8 Å². The Balaban J connectivity index is 1.14. The van der Waals surface area contributed by atoms with E-state index in [4.69, 9.17) is 15.0 Å².